The first kappa shape index (κ1) is 19.2. The SMILES string of the molecule is O=C(NCCCc1ccncc1)C1CC12CCN(Cc1nc3ccccc3[nH]1)CC2. The zero-order valence-electron chi connectivity index (χ0n) is 17.3. The number of hydrogen-bond acceptors (Lipinski definition) is 4. The van der Waals surface area contributed by atoms with Gasteiger partial charge in [0.1, 0.15) is 5.82 Å². The third-order valence-electron chi connectivity index (χ3n) is 6.86. The Kier molecular flexibility index (Phi) is 5.25. The number of pyridine rings is 1. The number of amides is 1. The number of aromatic amines is 1. The van der Waals surface area contributed by atoms with Gasteiger partial charge in [-0.3, -0.25) is 14.7 Å². The number of fused-ring (bicyclic) bond motifs is 1. The van der Waals surface area contributed by atoms with Gasteiger partial charge < -0.3 is 10.3 Å². The van der Waals surface area contributed by atoms with Crippen molar-refractivity contribution in [2.45, 2.75) is 38.6 Å². The van der Waals surface area contributed by atoms with Gasteiger partial charge >= 0.3 is 0 Å². The third-order valence-corrected chi connectivity index (χ3v) is 6.86. The number of nitrogens with zero attached hydrogens (tertiary/aromatic N) is 3. The molecule has 1 unspecified atom stereocenters. The molecule has 1 spiro atoms. The molecule has 0 bridgehead atoms. The van der Waals surface area contributed by atoms with Crippen molar-refractivity contribution in [2.24, 2.45) is 11.3 Å². The number of imidazole rings is 1. The number of carbonyl (C=O) groups is 1. The molecule has 3 heterocycles. The van der Waals surface area contributed by atoms with Crippen LogP contribution in [0, 0.1) is 11.3 Å². The average molecular weight is 404 g/mol. The maximum absolute atomic E-state index is 12.6. The number of rotatable bonds is 7. The number of piperidine rings is 1. The quantitative estimate of drug-likeness (QED) is 0.594. The summed E-state index contributed by atoms with van der Waals surface area (Å²) in [5, 5.41) is 3.17. The van der Waals surface area contributed by atoms with Gasteiger partial charge in [0.05, 0.1) is 17.6 Å². The maximum Gasteiger partial charge on any atom is 0.223 e. The highest BCUT2D eigenvalue weighted by Crippen LogP contribution is 2.59. The fraction of sp³-hybridized carbons (Fsp3) is 0.458. The minimum atomic E-state index is 0.215. The van der Waals surface area contributed by atoms with E-state index in [9.17, 15) is 4.79 Å². The van der Waals surface area contributed by atoms with Crippen LogP contribution in [0.5, 0.6) is 0 Å². The van der Waals surface area contributed by atoms with Gasteiger partial charge in [0.25, 0.3) is 0 Å². The molecular formula is C24H29N5O. The summed E-state index contributed by atoms with van der Waals surface area (Å²) in [6, 6.07) is 12.3. The minimum Gasteiger partial charge on any atom is -0.356 e. The second-order valence-corrected chi connectivity index (χ2v) is 8.85. The lowest BCUT2D eigenvalue weighted by atomic mass is 9.90. The van der Waals surface area contributed by atoms with Crippen LogP contribution >= 0.6 is 0 Å². The first-order valence-electron chi connectivity index (χ1n) is 11.0. The number of nitrogens with one attached hydrogen (secondary N) is 2. The summed E-state index contributed by atoms with van der Waals surface area (Å²) < 4.78 is 0. The molecule has 2 aromatic heterocycles. The van der Waals surface area contributed by atoms with Crippen LogP contribution in [-0.2, 0) is 17.8 Å². The number of hydrogen-bond donors (Lipinski definition) is 2. The van der Waals surface area contributed by atoms with Gasteiger partial charge in [-0.15, -0.1) is 0 Å². The van der Waals surface area contributed by atoms with Gasteiger partial charge in [-0.25, -0.2) is 4.98 Å². The highest BCUT2D eigenvalue weighted by molar-refractivity contribution is 5.82. The molecule has 1 atom stereocenters. The fourth-order valence-electron chi connectivity index (χ4n) is 4.90. The smallest absolute Gasteiger partial charge is 0.223 e. The zero-order valence-corrected chi connectivity index (χ0v) is 17.3. The number of likely N-dealkylation sites (tertiary alicyclic amines) is 1. The van der Waals surface area contributed by atoms with E-state index in [1.807, 2.05) is 42.7 Å². The summed E-state index contributed by atoms with van der Waals surface area (Å²) in [4.78, 5) is 27.2. The predicted octanol–water partition coefficient (Wildman–Crippen LogP) is 3.31. The molecule has 156 valence electrons. The highest BCUT2D eigenvalue weighted by atomic mass is 16.2. The summed E-state index contributed by atoms with van der Waals surface area (Å²) in [5.41, 5.74) is 3.66. The largest absolute Gasteiger partial charge is 0.356 e. The summed E-state index contributed by atoms with van der Waals surface area (Å²) in [6.07, 6.45) is 8.88. The molecule has 1 saturated carbocycles. The average Bonchev–Trinajstić information content (AvgIpc) is 3.32. The summed E-state index contributed by atoms with van der Waals surface area (Å²) in [6.45, 7) is 3.70. The lowest BCUT2D eigenvalue weighted by molar-refractivity contribution is -0.123. The first-order valence-corrected chi connectivity index (χ1v) is 11.0. The van der Waals surface area contributed by atoms with Gasteiger partial charge in [-0.2, -0.15) is 0 Å². The standard InChI is InChI=1S/C24H29N5O/c30-23(26-11-3-4-18-7-12-25-13-8-18)19-16-24(19)9-14-29(15-10-24)17-22-27-20-5-1-2-6-21(20)28-22/h1-2,5-8,12-13,19H,3-4,9-11,14-17H2,(H,26,30)(H,27,28). The van der Waals surface area contributed by atoms with Crippen molar-refractivity contribution in [3.63, 3.8) is 0 Å². The van der Waals surface area contributed by atoms with Crippen molar-refractivity contribution in [3.05, 3.63) is 60.2 Å². The van der Waals surface area contributed by atoms with Crippen LogP contribution in [0.1, 0.15) is 37.1 Å². The molecule has 2 N–H and O–H groups in total. The van der Waals surface area contributed by atoms with Crippen LogP contribution in [0.3, 0.4) is 0 Å². The van der Waals surface area contributed by atoms with Gasteiger partial charge in [0, 0.05) is 24.9 Å². The van der Waals surface area contributed by atoms with Crippen molar-refractivity contribution >= 4 is 16.9 Å². The number of para-hydroxylation sites is 2. The molecule has 2 aliphatic rings. The predicted molar refractivity (Wildman–Crippen MR) is 117 cm³/mol. The Balaban J connectivity index is 1.05. The summed E-state index contributed by atoms with van der Waals surface area (Å²) >= 11 is 0. The Morgan fingerprint density at radius 3 is 2.77 bits per heavy atom. The Bertz CT molecular complexity index is 974. The number of benzene rings is 1. The van der Waals surface area contributed by atoms with Gasteiger partial charge in [-0.05, 0) is 80.4 Å². The van der Waals surface area contributed by atoms with Crippen molar-refractivity contribution in [3.8, 4) is 0 Å². The second kappa shape index (κ2) is 8.19. The summed E-state index contributed by atoms with van der Waals surface area (Å²) in [7, 11) is 0. The lowest BCUT2D eigenvalue weighted by Gasteiger charge is -2.32. The topological polar surface area (TPSA) is 73.9 Å². The molecular weight excluding hydrogens is 374 g/mol. The molecule has 3 aromatic rings. The maximum atomic E-state index is 12.6. The highest BCUT2D eigenvalue weighted by Gasteiger charge is 2.58. The molecule has 1 aliphatic heterocycles. The first-order chi connectivity index (χ1) is 14.7. The molecule has 1 amide bonds. The van der Waals surface area contributed by atoms with E-state index in [-0.39, 0.29) is 17.2 Å². The molecule has 6 heteroatoms. The molecule has 2 fully saturated rings. The van der Waals surface area contributed by atoms with Crippen LogP contribution in [-0.4, -0.2) is 45.4 Å². The van der Waals surface area contributed by atoms with Crippen molar-refractivity contribution in [1.82, 2.24) is 25.2 Å². The molecule has 1 aliphatic carbocycles. The third kappa shape index (κ3) is 4.10. The van der Waals surface area contributed by atoms with Crippen molar-refractivity contribution in [1.29, 1.82) is 0 Å². The van der Waals surface area contributed by atoms with Crippen LogP contribution in [0.2, 0.25) is 0 Å². The molecule has 5 rings (SSSR count). The van der Waals surface area contributed by atoms with Crippen LogP contribution in [0.15, 0.2) is 48.8 Å². The van der Waals surface area contributed by atoms with Gasteiger partial charge in [0.2, 0.25) is 5.91 Å². The number of aromatic nitrogens is 3. The van der Waals surface area contributed by atoms with Crippen LogP contribution in [0.25, 0.3) is 11.0 Å². The lowest BCUT2D eigenvalue weighted by Crippen LogP contribution is -2.37. The van der Waals surface area contributed by atoms with E-state index in [1.54, 1.807) is 0 Å². The van der Waals surface area contributed by atoms with E-state index in [0.29, 0.717) is 0 Å². The van der Waals surface area contributed by atoms with Crippen molar-refractivity contribution < 1.29 is 4.79 Å². The molecule has 0 radical (unpaired) electrons. The number of H-pyrrole nitrogens is 1. The fourth-order valence-corrected chi connectivity index (χ4v) is 4.90. The molecule has 30 heavy (non-hydrogen) atoms. The van der Waals surface area contributed by atoms with E-state index in [4.69, 9.17) is 4.98 Å². The number of carbonyl (C=O) groups excluding carboxylic acids is 1. The van der Waals surface area contributed by atoms with Crippen molar-refractivity contribution in [2.75, 3.05) is 19.6 Å². The molecule has 6 nitrogen and oxygen atoms in total. The monoisotopic (exact) mass is 403 g/mol. The van der Waals surface area contributed by atoms with E-state index in [2.05, 4.69) is 26.3 Å². The van der Waals surface area contributed by atoms with E-state index in [0.717, 1.165) is 75.1 Å². The normalized spacial score (nSPS) is 20.5. The van der Waals surface area contributed by atoms with E-state index >= 15 is 0 Å². The second-order valence-electron chi connectivity index (χ2n) is 8.85. The van der Waals surface area contributed by atoms with E-state index < -0.39 is 0 Å². The summed E-state index contributed by atoms with van der Waals surface area (Å²) in [5.74, 6) is 1.51. The Labute approximate surface area is 177 Å². The molecule has 1 saturated heterocycles. The van der Waals surface area contributed by atoms with E-state index in [1.165, 1.54) is 5.56 Å². The minimum absolute atomic E-state index is 0.215. The number of aryl methyl sites for hydroxylation is 1. The zero-order chi connectivity index (χ0) is 20.4. The van der Waals surface area contributed by atoms with Crippen LogP contribution in [0.4, 0.5) is 0 Å². The van der Waals surface area contributed by atoms with Crippen LogP contribution < -0.4 is 5.32 Å². The Hall–Kier alpha value is -2.73. The van der Waals surface area contributed by atoms with Gasteiger partial charge in [-0.1, -0.05) is 12.1 Å². The van der Waals surface area contributed by atoms with Gasteiger partial charge in [0.15, 0.2) is 0 Å². The Morgan fingerprint density at radius 2 is 1.97 bits per heavy atom. The Morgan fingerprint density at radius 1 is 1.17 bits per heavy atom. The molecule has 1 aromatic carbocycles.